The number of carbonyl (C=O) groups is 2. The number of hydrogen-bond acceptors (Lipinski definition) is 11. The topological polar surface area (TPSA) is 125 Å². The van der Waals surface area contributed by atoms with Crippen LogP contribution in [0.15, 0.2) is 28.0 Å². The highest BCUT2D eigenvalue weighted by atomic mass is 32.2. The van der Waals surface area contributed by atoms with Gasteiger partial charge in [-0.05, 0) is 12.1 Å². The van der Waals surface area contributed by atoms with Gasteiger partial charge in [-0.25, -0.2) is 4.98 Å². The molecule has 0 aliphatic carbocycles. The van der Waals surface area contributed by atoms with Crippen molar-refractivity contribution in [2.24, 2.45) is 0 Å². The normalized spacial score (nSPS) is 10.4. The van der Waals surface area contributed by atoms with Crippen molar-refractivity contribution in [2.75, 3.05) is 37.7 Å². The number of ether oxygens (including phenoxy) is 3. The van der Waals surface area contributed by atoms with Crippen LogP contribution in [-0.2, 0) is 4.79 Å². The standard InChI is InChI=1S/C17H17N5O5S3/c1-25-10-6-9(7-11(26-2)13(10)27-3)14(24)20-16-21-22-17(30-16)29-8-12(23)19-15-18-4-5-28-15/h4-7H,8H2,1-3H3,(H,18,19,23)(H,20,21,24). The second kappa shape index (κ2) is 10.2. The Bertz CT molecular complexity index is 1000. The predicted octanol–water partition coefficient (Wildman–Crippen LogP) is 3.00. The van der Waals surface area contributed by atoms with Gasteiger partial charge in [0.25, 0.3) is 5.91 Å². The molecule has 0 bridgehead atoms. The highest BCUT2D eigenvalue weighted by molar-refractivity contribution is 8.01. The number of methoxy groups -OCH3 is 3. The Labute approximate surface area is 184 Å². The molecule has 0 fully saturated rings. The molecule has 0 atom stereocenters. The van der Waals surface area contributed by atoms with Gasteiger partial charge in [-0.2, -0.15) is 0 Å². The first kappa shape index (κ1) is 21.8. The van der Waals surface area contributed by atoms with Gasteiger partial charge in [-0.15, -0.1) is 21.5 Å². The number of thiazole rings is 1. The van der Waals surface area contributed by atoms with Crippen LogP contribution < -0.4 is 24.8 Å². The largest absolute Gasteiger partial charge is 0.493 e. The van der Waals surface area contributed by atoms with Gasteiger partial charge in [0.1, 0.15) is 0 Å². The summed E-state index contributed by atoms with van der Waals surface area (Å²) in [4.78, 5) is 28.5. The van der Waals surface area contributed by atoms with Gasteiger partial charge in [0.2, 0.25) is 16.8 Å². The van der Waals surface area contributed by atoms with Crippen molar-refractivity contribution in [1.29, 1.82) is 0 Å². The van der Waals surface area contributed by atoms with E-state index in [-0.39, 0.29) is 11.7 Å². The summed E-state index contributed by atoms with van der Waals surface area (Å²) in [6, 6.07) is 3.08. The van der Waals surface area contributed by atoms with Crippen LogP contribution in [0.5, 0.6) is 17.2 Å². The van der Waals surface area contributed by atoms with E-state index in [1.807, 2.05) is 0 Å². The summed E-state index contributed by atoms with van der Waals surface area (Å²) in [7, 11) is 4.42. The molecular formula is C17H17N5O5S3. The van der Waals surface area contributed by atoms with E-state index in [0.717, 1.165) is 11.3 Å². The van der Waals surface area contributed by atoms with Crippen LogP contribution in [0.2, 0.25) is 0 Å². The maximum Gasteiger partial charge on any atom is 0.257 e. The highest BCUT2D eigenvalue weighted by Crippen LogP contribution is 2.38. The van der Waals surface area contributed by atoms with Crippen molar-refractivity contribution < 1.29 is 23.8 Å². The molecule has 0 saturated heterocycles. The lowest BCUT2D eigenvalue weighted by molar-refractivity contribution is -0.113. The first-order chi connectivity index (χ1) is 14.5. The fourth-order valence-electron chi connectivity index (χ4n) is 2.27. The van der Waals surface area contributed by atoms with E-state index >= 15 is 0 Å². The summed E-state index contributed by atoms with van der Waals surface area (Å²) in [6.07, 6.45) is 1.61. The number of benzene rings is 1. The Kier molecular flexibility index (Phi) is 7.43. The molecule has 2 aromatic heterocycles. The smallest absolute Gasteiger partial charge is 0.257 e. The second-order valence-corrected chi connectivity index (χ2v) is 8.51. The molecule has 0 saturated carbocycles. The van der Waals surface area contributed by atoms with E-state index in [2.05, 4.69) is 25.8 Å². The van der Waals surface area contributed by atoms with E-state index in [9.17, 15) is 9.59 Å². The molecule has 10 nitrogen and oxygen atoms in total. The van der Waals surface area contributed by atoms with Crippen molar-refractivity contribution in [2.45, 2.75) is 4.34 Å². The molecule has 2 heterocycles. The molecule has 3 aromatic rings. The lowest BCUT2D eigenvalue weighted by Crippen LogP contribution is -2.13. The van der Waals surface area contributed by atoms with Crippen LogP contribution in [0, 0.1) is 0 Å². The van der Waals surface area contributed by atoms with E-state index in [4.69, 9.17) is 14.2 Å². The van der Waals surface area contributed by atoms with E-state index < -0.39 is 5.91 Å². The van der Waals surface area contributed by atoms with E-state index in [0.29, 0.717) is 37.4 Å². The van der Waals surface area contributed by atoms with Crippen LogP contribution in [0.3, 0.4) is 0 Å². The van der Waals surface area contributed by atoms with Gasteiger partial charge in [-0.3, -0.25) is 14.9 Å². The summed E-state index contributed by atoms with van der Waals surface area (Å²) >= 11 is 3.71. The SMILES string of the molecule is COc1cc(C(=O)Nc2nnc(SCC(=O)Nc3nccs3)s2)cc(OC)c1OC. The first-order valence-electron chi connectivity index (χ1n) is 8.31. The number of aromatic nitrogens is 3. The number of rotatable bonds is 9. The molecule has 0 unspecified atom stereocenters. The zero-order valence-electron chi connectivity index (χ0n) is 16.1. The maximum atomic E-state index is 12.6. The number of nitrogens with one attached hydrogen (secondary N) is 2. The molecule has 2 amide bonds. The molecule has 0 aliphatic rings. The molecule has 13 heteroatoms. The number of amides is 2. The highest BCUT2D eigenvalue weighted by Gasteiger charge is 2.18. The predicted molar refractivity (Wildman–Crippen MR) is 115 cm³/mol. The Balaban J connectivity index is 1.61. The first-order valence-corrected chi connectivity index (χ1v) is 11.0. The molecule has 1 aromatic carbocycles. The average molecular weight is 468 g/mol. The van der Waals surface area contributed by atoms with E-state index in [1.165, 1.54) is 56.6 Å². The summed E-state index contributed by atoms with van der Waals surface area (Å²) in [5.41, 5.74) is 0.303. The molecule has 0 aliphatic heterocycles. The second-order valence-electron chi connectivity index (χ2n) is 5.42. The monoisotopic (exact) mass is 467 g/mol. The zero-order chi connectivity index (χ0) is 21.5. The Morgan fingerprint density at radius 2 is 1.77 bits per heavy atom. The van der Waals surface area contributed by atoms with Crippen molar-refractivity contribution in [3.8, 4) is 17.2 Å². The Morgan fingerprint density at radius 1 is 1.03 bits per heavy atom. The molecule has 158 valence electrons. The molecule has 0 spiro atoms. The van der Waals surface area contributed by atoms with Crippen LogP contribution in [0.25, 0.3) is 0 Å². The summed E-state index contributed by atoms with van der Waals surface area (Å²) in [5.74, 6) is 0.650. The number of carbonyl (C=O) groups excluding carboxylic acids is 2. The van der Waals surface area contributed by atoms with Gasteiger partial charge in [0, 0.05) is 17.1 Å². The van der Waals surface area contributed by atoms with Gasteiger partial charge in [0.05, 0.1) is 27.1 Å². The van der Waals surface area contributed by atoms with Crippen LogP contribution in [0.4, 0.5) is 10.3 Å². The van der Waals surface area contributed by atoms with Crippen molar-refractivity contribution in [3.05, 3.63) is 29.3 Å². The lowest BCUT2D eigenvalue weighted by Gasteiger charge is -2.13. The fourth-order valence-corrected chi connectivity index (χ4v) is 4.36. The van der Waals surface area contributed by atoms with E-state index in [1.54, 1.807) is 11.6 Å². The minimum atomic E-state index is -0.413. The minimum absolute atomic E-state index is 0.148. The number of anilines is 2. The number of hydrogen-bond donors (Lipinski definition) is 2. The third-order valence-corrected chi connectivity index (χ3v) is 6.22. The Morgan fingerprint density at radius 3 is 2.37 bits per heavy atom. The number of nitrogens with zero attached hydrogens (tertiary/aromatic N) is 3. The zero-order valence-corrected chi connectivity index (χ0v) is 18.6. The Hall–Kier alpha value is -2.90. The molecule has 30 heavy (non-hydrogen) atoms. The van der Waals surface area contributed by atoms with Gasteiger partial charge in [-0.1, -0.05) is 23.1 Å². The van der Waals surface area contributed by atoms with Crippen LogP contribution >= 0.6 is 34.4 Å². The third kappa shape index (κ3) is 5.37. The maximum absolute atomic E-state index is 12.6. The minimum Gasteiger partial charge on any atom is -0.493 e. The summed E-state index contributed by atoms with van der Waals surface area (Å²) in [6.45, 7) is 0. The fraction of sp³-hybridized carbons (Fsp3) is 0.235. The third-order valence-electron chi connectivity index (χ3n) is 3.56. The van der Waals surface area contributed by atoms with Gasteiger partial charge in [0.15, 0.2) is 21.0 Å². The summed E-state index contributed by atoms with van der Waals surface area (Å²) < 4.78 is 16.3. The molecule has 0 radical (unpaired) electrons. The van der Waals surface area contributed by atoms with Crippen LogP contribution in [-0.4, -0.2) is 54.1 Å². The average Bonchev–Trinajstić information content (AvgIpc) is 3.43. The molecule has 3 rings (SSSR count). The van der Waals surface area contributed by atoms with Crippen molar-refractivity contribution >= 4 is 56.5 Å². The van der Waals surface area contributed by atoms with Crippen molar-refractivity contribution in [1.82, 2.24) is 15.2 Å². The van der Waals surface area contributed by atoms with Crippen LogP contribution in [0.1, 0.15) is 10.4 Å². The van der Waals surface area contributed by atoms with Gasteiger partial charge >= 0.3 is 0 Å². The molecule has 2 N–H and O–H groups in total. The molecular weight excluding hydrogens is 450 g/mol. The van der Waals surface area contributed by atoms with Crippen molar-refractivity contribution in [3.63, 3.8) is 0 Å². The lowest BCUT2D eigenvalue weighted by atomic mass is 10.1. The number of thioether (sulfide) groups is 1. The van der Waals surface area contributed by atoms with Gasteiger partial charge < -0.3 is 19.5 Å². The quantitative estimate of drug-likeness (QED) is 0.361. The summed E-state index contributed by atoms with van der Waals surface area (Å²) in [5, 5.41) is 15.9.